The number of hydrogen-bond acceptors (Lipinski definition) is 3. The van der Waals surface area contributed by atoms with Crippen LogP contribution in [0.2, 0.25) is 0 Å². The molecule has 0 saturated heterocycles. The molecule has 1 aromatic carbocycles. The van der Waals surface area contributed by atoms with E-state index in [9.17, 15) is 9.59 Å². The van der Waals surface area contributed by atoms with Gasteiger partial charge in [0.1, 0.15) is 0 Å². The average molecular weight is 297 g/mol. The van der Waals surface area contributed by atoms with Crippen molar-refractivity contribution in [3.8, 4) is 0 Å². The molecule has 0 aliphatic rings. The molecular weight excluding hydrogens is 282 g/mol. The highest BCUT2D eigenvalue weighted by molar-refractivity contribution is 7.80. The van der Waals surface area contributed by atoms with Gasteiger partial charge in [0.05, 0.1) is 6.54 Å². The van der Waals surface area contributed by atoms with Crippen LogP contribution in [0, 0.1) is 0 Å². The smallest absolute Gasteiger partial charge is 0.417 e. The van der Waals surface area contributed by atoms with E-state index in [2.05, 4.69) is 5.32 Å². The van der Waals surface area contributed by atoms with Gasteiger partial charge in [-0.3, -0.25) is 0 Å². The molecule has 0 atom stereocenters. The molecule has 1 aromatic rings. The molecule has 108 valence electrons. The molecule has 1 rings (SSSR count). The van der Waals surface area contributed by atoms with Gasteiger partial charge in [0.2, 0.25) is 0 Å². The van der Waals surface area contributed by atoms with Gasteiger partial charge in [-0.05, 0) is 41.9 Å². The maximum atomic E-state index is 10.9. The summed E-state index contributed by atoms with van der Waals surface area (Å²) in [6.07, 6.45) is -2.39. The fraction of sp³-hybridized carbons (Fsp3) is 0.250. The van der Waals surface area contributed by atoms with E-state index in [-0.39, 0.29) is 11.7 Å². The molecule has 0 aliphatic carbocycles. The summed E-state index contributed by atoms with van der Waals surface area (Å²) in [5, 5.41) is 20.5. The zero-order valence-corrected chi connectivity index (χ0v) is 11.6. The summed E-state index contributed by atoms with van der Waals surface area (Å²) in [6, 6.07) is 5.15. The fourth-order valence-electron chi connectivity index (χ4n) is 1.73. The van der Waals surface area contributed by atoms with Crippen LogP contribution in [0.4, 0.5) is 15.3 Å². The Hall–Kier alpha value is -2.35. The first-order chi connectivity index (χ1) is 9.35. The van der Waals surface area contributed by atoms with Crippen LogP contribution in [0.25, 0.3) is 0 Å². The lowest BCUT2D eigenvalue weighted by molar-refractivity contribution is 0.120. The molecule has 8 heteroatoms. The molecule has 0 unspecified atom stereocenters. The number of nitrogens with zero attached hydrogens (tertiary/aromatic N) is 1. The molecule has 0 radical (unpaired) electrons. The number of thiocarbonyl (C=S) groups is 1. The van der Waals surface area contributed by atoms with Gasteiger partial charge in [-0.15, -0.1) is 0 Å². The number of amides is 2. The molecular formula is C12H15N3O4S. The van der Waals surface area contributed by atoms with Crippen molar-refractivity contribution in [2.75, 3.05) is 5.32 Å². The Bertz CT molecular complexity index is 534. The Morgan fingerprint density at radius 3 is 2.35 bits per heavy atom. The molecule has 7 nitrogen and oxygen atoms in total. The monoisotopic (exact) mass is 297 g/mol. The molecule has 0 bridgehead atoms. The van der Waals surface area contributed by atoms with Crippen LogP contribution in [0.15, 0.2) is 18.2 Å². The van der Waals surface area contributed by atoms with Crippen LogP contribution in [-0.4, -0.2) is 32.4 Å². The second-order valence-corrected chi connectivity index (χ2v) is 4.42. The molecule has 0 spiro atoms. The lowest BCUT2D eigenvalue weighted by atomic mass is 10.0. The zero-order valence-electron chi connectivity index (χ0n) is 10.8. The predicted octanol–water partition coefficient (Wildman–Crippen LogP) is 2.06. The lowest BCUT2D eigenvalue weighted by Crippen LogP contribution is -2.34. The van der Waals surface area contributed by atoms with E-state index >= 15 is 0 Å². The van der Waals surface area contributed by atoms with Gasteiger partial charge in [-0.2, -0.15) is 0 Å². The van der Waals surface area contributed by atoms with Crippen molar-refractivity contribution in [2.45, 2.75) is 19.9 Å². The average Bonchev–Trinajstić information content (AvgIpc) is 2.34. The normalized spacial score (nSPS) is 9.85. The standard InChI is InChI=1S/C12H15N3O4S/c1-2-7-3-4-9(14-10(13)20)5-8(7)6-15(11(16)17)12(18)19/h3-5H,2,6H2,1H3,(H,16,17)(H,18,19)(H3,13,14,20). The molecule has 0 aliphatic heterocycles. The summed E-state index contributed by atoms with van der Waals surface area (Å²) in [5.41, 5.74) is 7.38. The summed E-state index contributed by atoms with van der Waals surface area (Å²) in [5.74, 6) is 0. The van der Waals surface area contributed by atoms with Crippen molar-refractivity contribution in [1.29, 1.82) is 0 Å². The minimum atomic E-state index is -1.52. The third kappa shape index (κ3) is 4.09. The third-order valence-electron chi connectivity index (χ3n) is 2.64. The van der Waals surface area contributed by atoms with Crippen molar-refractivity contribution in [2.24, 2.45) is 5.73 Å². The van der Waals surface area contributed by atoms with Gasteiger partial charge in [-0.1, -0.05) is 13.0 Å². The summed E-state index contributed by atoms with van der Waals surface area (Å²) < 4.78 is 0. The van der Waals surface area contributed by atoms with E-state index in [4.69, 9.17) is 28.2 Å². The number of carboxylic acid groups (broad SMARTS) is 2. The van der Waals surface area contributed by atoms with Gasteiger partial charge < -0.3 is 21.3 Å². The first-order valence-electron chi connectivity index (χ1n) is 5.76. The summed E-state index contributed by atoms with van der Waals surface area (Å²) in [6.45, 7) is 1.64. The number of rotatable bonds is 4. The van der Waals surface area contributed by atoms with Crippen LogP contribution in [0.3, 0.4) is 0 Å². The van der Waals surface area contributed by atoms with Crippen LogP contribution in [-0.2, 0) is 13.0 Å². The summed E-state index contributed by atoms with van der Waals surface area (Å²) >= 11 is 4.72. The van der Waals surface area contributed by atoms with Crippen LogP contribution in [0.5, 0.6) is 0 Å². The molecule has 20 heavy (non-hydrogen) atoms. The second kappa shape index (κ2) is 6.71. The molecule has 0 heterocycles. The third-order valence-corrected chi connectivity index (χ3v) is 2.75. The quantitative estimate of drug-likeness (QED) is 0.628. The van der Waals surface area contributed by atoms with Crippen molar-refractivity contribution in [1.82, 2.24) is 4.90 Å². The SMILES string of the molecule is CCc1ccc(NC(N)=S)cc1CN(C(=O)O)C(=O)O. The van der Waals surface area contributed by atoms with Gasteiger partial charge in [0.15, 0.2) is 5.11 Å². The molecule has 0 aromatic heterocycles. The Labute approximate surface area is 121 Å². The maximum absolute atomic E-state index is 10.9. The van der Waals surface area contributed by atoms with Crippen molar-refractivity contribution in [3.05, 3.63) is 29.3 Å². The number of imide groups is 1. The first-order valence-corrected chi connectivity index (χ1v) is 6.17. The molecule has 0 fully saturated rings. The summed E-state index contributed by atoms with van der Waals surface area (Å²) in [4.78, 5) is 22.1. The highest BCUT2D eigenvalue weighted by atomic mass is 32.1. The minimum Gasteiger partial charge on any atom is -0.465 e. The Kier molecular flexibility index (Phi) is 5.27. The van der Waals surface area contributed by atoms with E-state index in [0.29, 0.717) is 22.6 Å². The number of aryl methyl sites for hydroxylation is 1. The second-order valence-electron chi connectivity index (χ2n) is 3.98. The Morgan fingerprint density at radius 2 is 1.90 bits per heavy atom. The van der Waals surface area contributed by atoms with Gasteiger partial charge in [0.25, 0.3) is 0 Å². The van der Waals surface area contributed by atoms with Crippen LogP contribution < -0.4 is 11.1 Å². The van der Waals surface area contributed by atoms with Crippen molar-refractivity contribution in [3.63, 3.8) is 0 Å². The first kappa shape index (κ1) is 15.7. The number of hydrogen-bond donors (Lipinski definition) is 4. The molecule has 5 N–H and O–H groups in total. The number of nitrogens with one attached hydrogen (secondary N) is 1. The van der Waals surface area contributed by atoms with Gasteiger partial charge >= 0.3 is 12.2 Å². The minimum absolute atomic E-state index is 0.0773. The zero-order chi connectivity index (χ0) is 15.3. The van der Waals surface area contributed by atoms with E-state index in [0.717, 1.165) is 5.56 Å². The highest BCUT2D eigenvalue weighted by Crippen LogP contribution is 2.19. The van der Waals surface area contributed by atoms with Crippen molar-refractivity contribution >= 4 is 35.2 Å². The number of nitrogens with two attached hydrogens (primary N) is 1. The lowest BCUT2D eigenvalue weighted by Gasteiger charge is -2.17. The topological polar surface area (TPSA) is 116 Å². The highest BCUT2D eigenvalue weighted by Gasteiger charge is 2.21. The van der Waals surface area contributed by atoms with Crippen molar-refractivity contribution < 1.29 is 19.8 Å². The van der Waals surface area contributed by atoms with Crippen LogP contribution in [0.1, 0.15) is 18.1 Å². The van der Waals surface area contributed by atoms with E-state index < -0.39 is 12.2 Å². The van der Waals surface area contributed by atoms with E-state index in [1.807, 2.05) is 6.92 Å². The Balaban J connectivity index is 3.09. The van der Waals surface area contributed by atoms with Gasteiger partial charge in [-0.25, -0.2) is 14.5 Å². The number of carbonyl (C=O) groups is 2. The predicted molar refractivity (Wildman–Crippen MR) is 77.8 cm³/mol. The maximum Gasteiger partial charge on any atom is 0.417 e. The van der Waals surface area contributed by atoms with E-state index in [1.54, 1.807) is 18.2 Å². The van der Waals surface area contributed by atoms with Gasteiger partial charge in [0, 0.05) is 5.69 Å². The van der Waals surface area contributed by atoms with E-state index in [1.165, 1.54) is 0 Å². The summed E-state index contributed by atoms with van der Waals surface area (Å²) in [7, 11) is 0. The number of anilines is 1. The fourth-order valence-corrected chi connectivity index (χ4v) is 1.84. The Morgan fingerprint density at radius 1 is 1.30 bits per heavy atom. The number of benzene rings is 1. The largest absolute Gasteiger partial charge is 0.465 e. The molecule has 2 amide bonds. The molecule has 0 saturated carbocycles. The van der Waals surface area contributed by atoms with Crippen LogP contribution >= 0.6 is 12.2 Å².